The smallest absolute Gasteiger partial charge is 0.313 e. The van der Waals surface area contributed by atoms with Gasteiger partial charge in [0.25, 0.3) is 0 Å². The molecule has 21 heavy (non-hydrogen) atoms. The third kappa shape index (κ3) is 4.15. The quantitative estimate of drug-likeness (QED) is 0.593. The van der Waals surface area contributed by atoms with Gasteiger partial charge in [0.15, 0.2) is 11.6 Å². The van der Waals surface area contributed by atoms with E-state index in [1.54, 1.807) is 25.1 Å². The Morgan fingerprint density at radius 2 is 2.05 bits per heavy atom. The van der Waals surface area contributed by atoms with Crippen LogP contribution in [0.25, 0.3) is 0 Å². The van der Waals surface area contributed by atoms with Gasteiger partial charge in [-0.05, 0) is 43.5 Å². The fourth-order valence-corrected chi connectivity index (χ4v) is 2.30. The topological polar surface area (TPSA) is 69.7 Å². The molecule has 0 atom stereocenters. The molecule has 0 unspecified atom stereocenters. The highest BCUT2D eigenvalue weighted by molar-refractivity contribution is 5.98. The number of rotatable bonds is 6. The van der Waals surface area contributed by atoms with Crippen LogP contribution in [0.5, 0.6) is 5.75 Å². The van der Waals surface area contributed by atoms with E-state index in [4.69, 9.17) is 9.47 Å². The molecule has 1 aromatic rings. The molecule has 5 nitrogen and oxygen atoms in total. The lowest BCUT2D eigenvalue weighted by atomic mass is 9.90. The molecule has 1 aliphatic rings. The van der Waals surface area contributed by atoms with Crippen molar-refractivity contribution in [1.82, 2.24) is 0 Å². The molecule has 0 saturated carbocycles. The van der Waals surface area contributed by atoms with Gasteiger partial charge in [-0.25, -0.2) is 0 Å². The number of esters is 1. The molecule has 0 aliphatic heterocycles. The highest BCUT2D eigenvalue weighted by Gasteiger charge is 2.18. The van der Waals surface area contributed by atoms with Gasteiger partial charge in [0.05, 0.1) is 6.61 Å². The van der Waals surface area contributed by atoms with Crippen LogP contribution in [0.3, 0.4) is 0 Å². The van der Waals surface area contributed by atoms with Crippen molar-refractivity contribution in [2.24, 2.45) is 0 Å². The lowest BCUT2D eigenvalue weighted by Gasteiger charge is -2.15. The molecule has 5 heteroatoms. The highest BCUT2D eigenvalue weighted by atomic mass is 16.5. The molecular weight excluding hydrogens is 272 g/mol. The largest absolute Gasteiger partial charge is 0.486 e. The predicted molar refractivity (Wildman–Crippen MR) is 75.5 cm³/mol. The maximum atomic E-state index is 11.7. The van der Waals surface area contributed by atoms with Crippen LogP contribution in [-0.2, 0) is 20.7 Å². The summed E-state index contributed by atoms with van der Waals surface area (Å²) >= 11 is 0. The minimum absolute atomic E-state index is 0.154. The van der Waals surface area contributed by atoms with Crippen LogP contribution in [0.1, 0.15) is 42.1 Å². The fraction of sp³-hybridized carbons (Fsp3) is 0.438. The van der Waals surface area contributed by atoms with Gasteiger partial charge in [0.1, 0.15) is 18.8 Å². The summed E-state index contributed by atoms with van der Waals surface area (Å²) in [6.07, 6.45) is 1.99. The first kappa shape index (κ1) is 15.2. The number of ether oxygens (including phenoxy) is 2. The van der Waals surface area contributed by atoms with Gasteiger partial charge in [-0.2, -0.15) is 0 Å². The summed E-state index contributed by atoms with van der Waals surface area (Å²) in [6, 6.07) is 5.21. The summed E-state index contributed by atoms with van der Waals surface area (Å²) in [5.41, 5.74) is 1.70. The second-order valence-electron chi connectivity index (χ2n) is 4.90. The number of fused-ring (bicyclic) bond motifs is 1. The molecule has 0 radical (unpaired) electrons. The van der Waals surface area contributed by atoms with Gasteiger partial charge in [-0.3, -0.25) is 14.4 Å². The summed E-state index contributed by atoms with van der Waals surface area (Å²) in [5.74, 6) is -0.175. The number of carbonyl (C=O) groups is 3. The molecule has 0 bridgehead atoms. The lowest BCUT2D eigenvalue weighted by molar-refractivity contribution is -0.145. The number of carbonyl (C=O) groups excluding carboxylic acids is 3. The maximum Gasteiger partial charge on any atom is 0.313 e. The SMILES string of the molecule is CCOC(=O)CC(=O)COc1ccc2c(c1)CCCC2=O. The van der Waals surface area contributed by atoms with Gasteiger partial charge < -0.3 is 9.47 Å². The number of ketones is 2. The standard InChI is InChI=1S/C16H18O5/c1-2-20-16(19)9-12(17)10-21-13-6-7-14-11(8-13)4-3-5-15(14)18/h6-8H,2-5,9-10H2,1H3. The second kappa shape index (κ2) is 7.02. The van der Waals surface area contributed by atoms with E-state index in [-0.39, 0.29) is 31.2 Å². The Labute approximate surface area is 123 Å². The Hall–Kier alpha value is -2.17. The molecule has 1 aliphatic carbocycles. The zero-order valence-electron chi connectivity index (χ0n) is 12.0. The second-order valence-corrected chi connectivity index (χ2v) is 4.90. The van der Waals surface area contributed by atoms with E-state index in [9.17, 15) is 14.4 Å². The monoisotopic (exact) mass is 290 g/mol. The van der Waals surface area contributed by atoms with Crippen LogP contribution in [0, 0.1) is 0 Å². The van der Waals surface area contributed by atoms with Crippen molar-refractivity contribution < 1.29 is 23.9 Å². The molecule has 0 N–H and O–H groups in total. The Kier molecular flexibility index (Phi) is 5.09. The Balaban J connectivity index is 1.90. The molecule has 1 aromatic carbocycles. The van der Waals surface area contributed by atoms with Crippen molar-refractivity contribution in [2.45, 2.75) is 32.6 Å². The zero-order valence-corrected chi connectivity index (χ0v) is 12.0. The van der Waals surface area contributed by atoms with Crippen LogP contribution in [0.15, 0.2) is 18.2 Å². The van der Waals surface area contributed by atoms with E-state index in [1.807, 2.05) is 0 Å². The molecule has 112 valence electrons. The van der Waals surface area contributed by atoms with Gasteiger partial charge in [-0.1, -0.05) is 0 Å². The average Bonchev–Trinajstić information content (AvgIpc) is 2.45. The third-order valence-electron chi connectivity index (χ3n) is 3.27. The molecule has 0 fully saturated rings. The number of hydrogen-bond acceptors (Lipinski definition) is 5. The van der Waals surface area contributed by atoms with Crippen LogP contribution >= 0.6 is 0 Å². The fourth-order valence-electron chi connectivity index (χ4n) is 2.30. The lowest BCUT2D eigenvalue weighted by Crippen LogP contribution is -2.17. The van der Waals surface area contributed by atoms with Crippen LogP contribution in [0.4, 0.5) is 0 Å². The molecule has 0 saturated heterocycles. The average molecular weight is 290 g/mol. The van der Waals surface area contributed by atoms with Crippen molar-refractivity contribution in [3.05, 3.63) is 29.3 Å². The predicted octanol–water partition coefficient (Wildman–Crippen LogP) is 2.11. The first-order chi connectivity index (χ1) is 10.1. The Bertz CT molecular complexity index is 562. The number of aryl methyl sites for hydroxylation is 1. The summed E-state index contributed by atoms with van der Waals surface area (Å²) < 4.78 is 10.1. The molecule has 0 heterocycles. The summed E-state index contributed by atoms with van der Waals surface area (Å²) in [4.78, 5) is 34.4. The Morgan fingerprint density at radius 1 is 1.24 bits per heavy atom. The minimum atomic E-state index is -0.540. The molecule has 0 aromatic heterocycles. The zero-order chi connectivity index (χ0) is 15.2. The number of benzene rings is 1. The maximum absolute atomic E-state index is 11.7. The van der Waals surface area contributed by atoms with E-state index in [2.05, 4.69) is 0 Å². The summed E-state index contributed by atoms with van der Waals surface area (Å²) in [5, 5.41) is 0. The van der Waals surface area contributed by atoms with Crippen molar-refractivity contribution in [1.29, 1.82) is 0 Å². The van der Waals surface area contributed by atoms with E-state index in [0.29, 0.717) is 12.2 Å². The van der Waals surface area contributed by atoms with E-state index < -0.39 is 5.97 Å². The van der Waals surface area contributed by atoms with Gasteiger partial charge >= 0.3 is 5.97 Å². The third-order valence-corrected chi connectivity index (χ3v) is 3.27. The van der Waals surface area contributed by atoms with Crippen molar-refractivity contribution >= 4 is 17.5 Å². The number of Topliss-reactive ketones (excluding diaryl/α,β-unsaturated/α-hetero) is 2. The minimum Gasteiger partial charge on any atom is -0.486 e. The van der Waals surface area contributed by atoms with Gasteiger partial charge in [0.2, 0.25) is 0 Å². The van der Waals surface area contributed by atoms with E-state index in [0.717, 1.165) is 24.0 Å². The highest BCUT2D eigenvalue weighted by Crippen LogP contribution is 2.25. The summed E-state index contributed by atoms with van der Waals surface area (Å²) in [7, 11) is 0. The molecule has 0 spiro atoms. The van der Waals surface area contributed by atoms with Crippen LogP contribution in [0.2, 0.25) is 0 Å². The van der Waals surface area contributed by atoms with E-state index in [1.165, 1.54) is 0 Å². The van der Waals surface area contributed by atoms with Gasteiger partial charge in [0, 0.05) is 12.0 Å². The van der Waals surface area contributed by atoms with Crippen molar-refractivity contribution in [3.8, 4) is 5.75 Å². The Morgan fingerprint density at radius 3 is 2.81 bits per heavy atom. The van der Waals surface area contributed by atoms with Crippen LogP contribution in [-0.4, -0.2) is 30.7 Å². The van der Waals surface area contributed by atoms with Crippen molar-refractivity contribution in [2.75, 3.05) is 13.2 Å². The first-order valence-corrected chi connectivity index (χ1v) is 7.06. The van der Waals surface area contributed by atoms with Gasteiger partial charge in [-0.15, -0.1) is 0 Å². The van der Waals surface area contributed by atoms with Crippen LogP contribution < -0.4 is 4.74 Å². The molecular formula is C16H18O5. The molecule has 0 amide bonds. The normalized spacial score (nSPS) is 13.5. The number of hydrogen-bond donors (Lipinski definition) is 0. The first-order valence-electron chi connectivity index (χ1n) is 7.06. The van der Waals surface area contributed by atoms with E-state index >= 15 is 0 Å². The molecule has 2 rings (SSSR count). The van der Waals surface area contributed by atoms with Crippen molar-refractivity contribution in [3.63, 3.8) is 0 Å². The summed E-state index contributed by atoms with van der Waals surface area (Å²) in [6.45, 7) is 1.77.